The van der Waals surface area contributed by atoms with Gasteiger partial charge in [0.25, 0.3) is 0 Å². The molecule has 0 saturated carbocycles. The van der Waals surface area contributed by atoms with Crippen molar-refractivity contribution in [2.24, 2.45) is 0 Å². The fourth-order valence-corrected chi connectivity index (χ4v) is 2.73. The number of rotatable bonds is 7. The minimum atomic E-state index is -0.131. The quantitative estimate of drug-likeness (QED) is 0.621. The zero-order valence-corrected chi connectivity index (χ0v) is 11.7. The average Bonchev–Trinajstić information content (AvgIpc) is 2.64. The van der Waals surface area contributed by atoms with Gasteiger partial charge in [-0.3, -0.25) is 4.79 Å². The highest BCUT2D eigenvalue weighted by Gasteiger charge is 2.01. The maximum atomic E-state index is 11.0. The summed E-state index contributed by atoms with van der Waals surface area (Å²) in [6.07, 6.45) is 1.45. The van der Waals surface area contributed by atoms with Crippen LogP contribution in [0.15, 0.2) is 15.9 Å². The Morgan fingerprint density at radius 1 is 1.50 bits per heavy atom. The summed E-state index contributed by atoms with van der Waals surface area (Å²) < 4.78 is 5.99. The third-order valence-electron chi connectivity index (χ3n) is 1.99. The van der Waals surface area contributed by atoms with Gasteiger partial charge >= 0.3 is 5.97 Å². The average molecular weight is 306 g/mol. The molecule has 1 heterocycles. The molecule has 0 atom stereocenters. The number of carbonyl (C=O) groups is 1. The van der Waals surface area contributed by atoms with Crippen molar-refractivity contribution in [3.05, 3.63) is 20.8 Å². The van der Waals surface area contributed by atoms with Crippen LogP contribution in [0.1, 0.15) is 18.2 Å². The van der Waals surface area contributed by atoms with E-state index in [4.69, 9.17) is 4.74 Å². The van der Waals surface area contributed by atoms with E-state index in [2.05, 4.69) is 33.4 Å². The Labute approximate surface area is 108 Å². The van der Waals surface area contributed by atoms with Gasteiger partial charge in [-0.1, -0.05) is 0 Å². The number of hydrogen-bond acceptors (Lipinski definition) is 4. The predicted molar refractivity (Wildman–Crippen MR) is 69.8 cm³/mol. The molecule has 0 fully saturated rings. The molecule has 0 aliphatic heterocycles. The molecular formula is C11H16BrNO2S. The van der Waals surface area contributed by atoms with E-state index >= 15 is 0 Å². The SMILES string of the molecule is CCOC(=O)CCNCCc1ccc(Br)s1. The zero-order valence-electron chi connectivity index (χ0n) is 9.29. The first-order chi connectivity index (χ1) is 7.72. The third kappa shape index (κ3) is 5.63. The molecule has 1 N–H and O–H groups in total. The maximum Gasteiger partial charge on any atom is 0.307 e. The molecule has 5 heteroatoms. The largest absolute Gasteiger partial charge is 0.466 e. The summed E-state index contributed by atoms with van der Waals surface area (Å²) in [4.78, 5) is 12.4. The van der Waals surface area contributed by atoms with Gasteiger partial charge < -0.3 is 10.1 Å². The number of nitrogens with one attached hydrogen (secondary N) is 1. The molecule has 90 valence electrons. The van der Waals surface area contributed by atoms with Crippen molar-refractivity contribution in [3.8, 4) is 0 Å². The first kappa shape index (κ1) is 13.7. The van der Waals surface area contributed by atoms with Crippen LogP contribution >= 0.6 is 27.3 Å². The van der Waals surface area contributed by atoms with Crippen LogP contribution in [0.4, 0.5) is 0 Å². The summed E-state index contributed by atoms with van der Waals surface area (Å²) in [5.41, 5.74) is 0. The first-order valence-corrected chi connectivity index (χ1v) is 6.94. The molecule has 0 aliphatic rings. The van der Waals surface area contributed by atoms with E-state index in [0.29, 0.717) is 19.6 Å². The standard InChI is InChI=1S/C11H16BrNO2S/c1-2-15-11(14)6-8-13-7-5-9-3-4-10(12)16-9/h3-4,13H,2,5-8H2,1H3. The lowest BCUT2D eigenvalue weighted by molar-refractivity contribution is -0.142. The molecule has 16 heavy (non-hydrogen) atoms. The Bertz CT molecular complexity index is 328. The molecule has 1 aromatic rings. The fourth-order valence-electron chi connectivity index (χ4n) is 1.25. The van der Waals surface area contributed by atoms with E-state index < -0.39 is 0 Å². The van der Waals surface area contributed by atoms with Crippen LogP contribution in [0.5, 0.6) is 0 Å². The highest BCUT2D eigenvalue weighted by molar-refractivity contribution is 9.11. The first-order valence-electron chi connectivity index (χ1n) is 5.33. The van der Waals surface area contributed by atoms with Crippen LogP contribution in [0.2, 0.25) is 0 Å². The monoisotopic (exact) mass is 305 g/mol. The molecule has 0 bridgehead atoms. The topological polar surface area (TPSA) is 38.3 Å². The van der Waals surface area contributed by atoms with Gasteiger partial charge in [-0.05, 0) is 48.0 Å². The Hall–Kier alpha value is -0.390. The van der Waals surface area contributed by atoms with Crippen molar-refractivity contribution in [1.82, 2.24) is 5.32 Å². The summed E-state index contributed by atoms with van der Waals surface area (Å²) >= 11 is 5.17. The lowest BCUT2D eigenvalue weighted by atomic mass is 10.3. The minimum absolute atomic E-state index is 0.131. The highest BCUT2D eigenvalue weighted by Crippen LogP contribution is 2.21. The van der Waals surface area contributed by atoms with E-state index in [-0.39, 0.29) is 5.97 Å². The Kier molecular flexibility index (Phi) is 6.68. The summed E-state index contributed by atoms with van der Waals surface area (Å²) in [5.74, 6) is -0.131. The van der Waals surface area contributed by atoms with Gasteiger partial charge in [-0.15, -0.1) is 11.3 Å². The van der Waals surface area contributed by atoms with Crippen LogP contribution in [-0.4, -0.2) is 25.7 Å². The molecule has 0 unspecified atom stereocenters. The summed E-state index contributed by atoms with van der Waals surface area (Å²) in [6.45, 7) is 3.86. The Morgan fingerprint density at radius 2 is 2.31 bits per heavy atom. The summed E-state index contributed by atoms with van der Waals surface area (Å²) in [7, 11) is 0. The molecule has 0 radical (unpaired) electrons. The van der Waals surface area contributed by atoms with Gasteiger partial charge in [0, 0.05) is 11.4 Å². The van der Waals surface area contributed by atoms with E-state index in [1.54, 1.807) is 11.3 Å². The number of ether oxygens (including phenoxy) is 1. The second kappa shape index (κ2) is 7.81. The van der Waals surface area contributed by atoms with E-state index in [1.165, 1.54) is 4.88 Å². The van der Waals surface area contributed by atoms with Crippen LogP contribution in [0.3, 0.4) is 0 Å². The van der Waals surface area contributed by atoms with Gasteiger partial charge in [0.1, 0.15) is 0 Å². The van der Waals surface area contributed by atoms with E-state index in [9.17, 15) is 4.79 Å². The van der Waals surface area contributed by atoms with Crippen molar-refractivity contribution < 1.29 is 9.53 Å². The molecule has 3 nitrogen and oxygen atoms in total. The molecule has 1 rings (SSSR count). The molecule has 0 amide bonds. The zero-order chi connectivity index (χ0) is 11.8. The molecule has 0 spiro atoms. The van der Waals surface area contributed by atoms with Crippen molar-refractivity contribution in [2.75, 3.05) is 19.7 Å². The Balaban J connectivity index is 2.02. The molecule has 0 saturated heterocycles. The van der Waals surface area contributed by atoms with Gasteiger partial charge in [-0.2, -0.15) is 0 Å². The molecule has 0 aromatic carbocycles. The summed E-state index contributed by atoms with van der Waals surface area (Å²) in [5, 5.41) is 3.22. The lowest BCUT2D eigenvalue weighted by Crippen LogP contribution is -2.21. The molecular weight excluding hydrogens is 290 g/mol. The van der Waals surface area contributed by atoms with E-state index in [1.807, 2.05) is 6.92 Å². The molecule has 0 aliphatic carbocycles. The number of carbonyl (C=O) groups excluding carboxylic acids is 1. The number of hydrogen-bond donors (Lipinski definition) is 1. The second-order valence-corrected chi connectivity index (χ2v) is 5.81. The van der Waals surface area contributed by atoms with Crippen LogP contribution < -0.4 is 5.32 Å². The lowest BCUT2D eigenvalue weighted by Gasteiger charge is -2.03. The van der Waals surface area contributed by atoms with Crippen molar-refractivity contribution in [2.45, 2.75) is 19.8 Å². The second-order valence-electron chi connectivity index (χ2n) is 3.26. The Morgan fingerprint density at radius 3 is 2.94 bits per heavy atom. The van der Waals surface area contributed by atoms with Gasteiger partial charge in [-0.25, -0.2) is 0 Å². The smallest absolute Gasteiger partial charge is 0.307 e. The van der Waals surface area contributed by atoms with Crippen molar-refractivity contribution >= 4 is 33.2 Å². The number of halogens is 1. The van der Waals surface area contributed by atoms with Gasteiger partial charge in [0.05, 0.1) is 16.8 Å². The van der Waals surface area contributed by atoms with Gasteiger partial charge in [0.15, 0.2) is 0 Å². The maximum absolute atomic E-state index is 11.0. The van der Waals surface area contributed by atoms with Crippen molar-refractivity contribution in [1.29, 1.82) is 0 Å². The van der Waals surface area contributed by atoms with Crippen molar-refractivity contribution in [3.63, 3.8) is 0 Å². The number of esters is 1. The van der Waals surface area contributed by atoms with Crippen LogP contribution in [0, 0.1) is 0 Å². The van der Waals surface area contributed by atoms with Crippen LogP contribution in [-0.2, 0) is 16.0 Å². The summed E-state index contributed by atoms with van der Waals surface area (Å²) in [6, 6.07) is 4.17. The third-order valence-corrected chi connectivity index (χ3v) is 3.67. The highest BCUT2D eigenvalue weighted by atomic mass is 79.9. The van der Waals surface area contributed by atoms with Crippen LogP contribution in [0.25, 0.3) is 0 Å². The fraction of sp³-hybridized carbons (Fsp3) is 0.545. The minimum Gasteiger partial charge on any atom is -0.466 e. The van der Waals surface area contributed by atoms with Gasteiger partial charge in [0.2, 0.25) is 0 Å². The number of thiophene rings is 1. The van der Waals surface area contributed by atoms with E-state index in [0.717, 1.165) is 16.8 Å². The predicted octanol–water partition coefficient (Wildman–Crippen LogP) is 2.60. The normalized spacial score (nSPS) is 10.4. The molecule has 1 aromatic heterocycles.